The zero-order chi connectivity index (χ0) is 25.5. The van der Waals surface area contributed by atoms with Crippen LogP contribution in [0, 0.1) is 0 Å². The molecule has 3 nitrogen and oxygen atoms in total. The molecule has 0 aliphatic heterocycles. The molecule has 2 atom stereocenters. The molecule has 0 heterocycles. The van der Waals surface area contributed by atoms with Gasteiger partial charge in [0.15, 0.2) is 0 Å². The van der Waals surface area contributed by atoms with Crippen LogP contribution in [-0.4, -0.2) is 65.2 Å². The Bertz CT molecular complexity index is 745. The van der Waals surface area contributed by atoms with E-state index in [1.54, 1.807) is 0 Å². The first-order valence-corrected chi connectivity index (χ1v) is 15.2. The summed E-state index contributed by atoms with van der Waals surface area (Å²) in [5.74, 6) is 0.877. The Morgan fingerprint density at radius 3 is 1.91 bits per heavy atom. The highest BCUT2D eigenvalue weighted by Gasteiger charge is 2.29. The number of nitrogens with zero attached hydrogens (tertiary/aromatic N) is 2. The zero-order valence-electron chi connectivity index (χ0n) is 23.4. The maximum Gasteiger partial charge on any atom is 0.232 e. The van der Waals surface area contributed by atoms with E-state index in [2.05, 4.69) is 90.3 Å². The van der Waals surface area contributed by atoms with Crippen LogP contribution < -0.4 is 0 Å². The summed E-state index contributed by atoms with van der Waals surface area (Å²) < 4.78 is 0. The van der Waals surface area contributed by atoms with Crippen LogP contribution in [0.2, 0.25) is 0 Å². The summed E-state index contributed by atoms with van der Waals surface area (Å²) >= 11 is 3.96. The lowest BCUT2D eigenvalue weighted by Gasteiger charge is -2.32. The molecular weight excluding hydrogens is 456 g/mol. The number of carbonyl (C=O) groups is 1. The van der Waals surface area contributed by atoms with Crippen molar-refractivity contribution in [3.63, 3.8) is 0 Å². The van der Waals surface area contributed by atoms with E-state index in [9.17, 15) is 4.79 Å². The summed E-state index contributed by atoms with van der Waals surface area (Å²) in [5.41, 5.74) is 3.12. The van der Waals surface area contributed by atoms with Crippen molar-refractivity contribution in [1.29, 1.82) is 0 Å². The van der Waals surface area contributed by atoms with Gasteiger partial charge in [-0.1, -0.05) is 74.3 Å². The fourth-order valence-electron chi connectivity index (χ4n) is 4.34. The van der Waals surface area contributed by atoms with Gasteiger partial charge in [-0.3, -0.25) is 4.79 Å². The Morgan fingerprint density at radius 2 is 1.41 bits per heavy atom. The summed E-state index contributed by atoms with van der Waals surface area (Å²) in [7, 11) is 1.96. The number of rotatable bonds is 10. The second-order valence-electron chi connectivity index (χ2n) is 11.9. The molecule has 1 aromatic carbocycles. The van der Waals surface area contributed by atoms with Crippen molar-refractivity contribution in [1.82, 2.24) is 9.80 Å². The molecular formula is C29H50N2OS2. The van der Waals surface area contributed by atoms with Gasteiger partial charge < -0.3 is 9.80 Å². The summed E-state index contributed by atoms with van der Waals surface area (Å²) in [6, 6.07) is 7.24. The number of benzene rings is 1. The predicted octanol–water partition coefficient (Wildman–Crippen LogP) is 7.22. The highest BCUT2D eigenvalue weighted by Crippen LogP contribution is 2.42. The van der Waals surface area contributed by atoms with E-state index in [0.29, 0.717) is 16.3 Å². The van der Waals surface area contributed by atoms with Crippen molar-refractivity contribution in [2.24, 2.45) is 0 Å². The first-order valence-electron chi connectivity index (χ1n) is 13.3. The van der Waals surface area contributed by atoms with Crippen LogP contribution in [0.15, 0.2) is 23.1 Å². The van der Waals surface area contributed by atoms with Crippen LogP contribution >= 0.6 is 23.5 Å². The number of carbonyl (C=O) groups excluding carboxylic acids is 1. The second-order valence-corrected chi connectivity index (χ2v) is 14.4. The number of hydrogen-bond donors (Lipinski definition) is 0. The Hall–Kier alpha value is -0.650. The zero-order valence-corrected chi connectivity index (χ0v) is 25.0. The van der Waals surface area contributed by atoms with Gasteiger partial charge in [0.2, 0.25) is 5.91 Å². The molecule has 0 bridgehead atoms. The molecule has 0 spiro atoms. The van der Waals surface area contributed by atoms with Crippen molar-refractivity contribution < 1.29 is 4.79 Å². The maximum atomic E-state index is 12.8. The van der Waals surface area contributed by atoms with Gasteiger partial charge in [-0.25, -0.2) is 0 Å². The second kappa shape index (κ2) is 13.1. The highest BCUT2D eigenvalue weighted by atomic mass is 32.2. The van der Waals surface area contributed by atoms with Crippen molar-refractivity contribution in [2.75, 3.05) is 39.0 Å². The van der Waals surface area contributed by atoms with E-state index in [-0.39, 0.29) is 16.7 Å². The standard InChI is InChI=1S/C29H50N2OS2/c1-10-31(11-2)17-16-30(9)27(32)21-33-25-14-12-13-15-26(25)34-24-19-22(28(3,4)5)18-23(20-24)29(6,7)8/h18-20,25-26H,10-17,21H2,1-9H3. The number of hydrogen-bond acceptors (Lipinski definition) is 4. The molecule has 1 saturated carbocycles. The van der Waals surface area contributed by atoms with E-state index in [1.165, 1.54) is 41.7 Å². The van der Waals surface area contributed by atoms with Gasteiger partial charge in [0.1, 0.15) is 0 Å². The largest absolute Gasteiger partial charge is 0.344 e. The van der Waals surface area contributed by atoms with E-state index >= 15 is 0 Å². The summed E-state index contributed by atoms with van der Waals surface area (Å²) in [6.45, 7) is 22.1. The average Bonchev–Trinajstić information content (AvgIpc) is 2.77. The van der Waals surface area contributed by atoms with Gasteiger partial charge in [-0.05, 0) is 60.0 Å². The summed E-state index contributed by atoms with van der Waals surface area (Å²) in [5, 5.41) is 1.13. The SMILES string of the molecule is CCN(CC)CCN(C)C(=O)CSC1CCCCC1Sc1cc(C(C)(C)C)cc(C(C)(C)C)c1. The van der Waals surface area contributed by atoms with Crippen LogP contribution in [0.1, 0.15) is 92.2 Å². The Morgan fingerprint density at radius 1 is 0.882 bits per heavy atom. The molecule has 2 rings (SSSR count). The van der Waals surface area contributed by atoms with Crippen molar-refractivity contribution in [3.8, 4) is 0 Å². The average molecular weight is 507 g/mol. The molecule has 1 aromatic rings. The molecule has 0 saturated heterocycles. The smallest absolute Gasteiger partial charge is 0.232 e. The number of likely N-dealkylation sites (N-methyl/N-ethyl adjacent to an activating group) is 2. The van der Waals surface area contributed by atoms with Crippen LogP contribution in [-0.2, 0) is 15.6 Å². The fourth-order valence-corrected chi connectivity index (χ4v) is 7.32. The molecule has 34 heavy (non-hydrogen) atoms. The van der Waals surface area contributed by atoms with Crippen LogP contribution in [0.4, 0.5) is 0 Å². The normalized spacial score (nSPS) is 19.5. The molecule has 0 aromatic heterocycles. The Balaban J connectivity index is 2.06. The van der Waals surface area contributed by atoms with Gasteiger partial charge >= 0.3 is 0 Å². The lowest BCUT2D eigenvalue weighted by atomic mass is 9.81. The Kier molecular flexibility index (Phi) is 11.4. The minimum Gasteiger partial charge on any atom is -0.344 e. The number of thioether (sulfide) groups is 2. The van der Waals surface area contributed by atoms with Gasteiger partial charge in [0.05, 0.1) is 5.75 Å². The molecule has 1 amide bonds. The maximum absolute atomic E-state index is 12.8. The van der Waals surface area contributed by atoms with Gasteiger partial charge in [-0.2, -0.15) is 0 Å². The van der Waals surface area contributed by atoms with Gasteiger partial charge in [0.25, 0.3) is 0 Å². The third kappa shape index (κ3) is 9.09. The molecule has 0 radical (unpaired) electrons. The Labute approximate surface area is 219 Å². The molecule has 5 heteroatoms. The topological polar surface area (TPSA) is 23.6 Å². The minimum atomic E-state index is 0.138. The third-order valence-corrected chi connectivity index (χ3v) is 10.0. The highest BCUT2D eigenvalue weighted by molar-refractivity contribution is 8.04. The molecule has 1 aliphatic carbocycles. The first kappa shape index (κ1) is 29.6. The predicted molar refractivity (Wildman–Crippen MR) is 154 cm³/mol. The molecule has 2 unspecified atom stereocenters. The van der Waals surface area contributed by atoms with Gasteiger partial charge in [-0.15, -0.1) is 23.5 Å². The third-order valence-electron chi connectivity index (χ3n) is 7.06. The van der Waals surface area contributed by atoms with E-state index < -0.39 is 0 Å². The van der Waals surface area contributed by atoms with Crippen LogP contribution in [0.3, 0.4) is 0 Å². The van der Waals surface area contributed by atoms with Crippen LogP contribution in [0.25, 0.3) is 0 Å². The van der Waals surface area contributed by atoms with Crippen molar-refractivity contribution in [3.05, 3.63) is 29.3 Å². The monoisotopic (exact) mass is 506 g/mol. The molecule has 1 fully saturated rings. The minimum absolute atomic E-state index is 0.138. The van der Waals surface area contributed by atoms with Gasteiger partial charge in [0, 0.05) is 35.5 Å². The first-order chi connectivity index (χ1) is 15.8. The lowest BCUT2D eigenvalue weighted by molar-refractivity contribution is -0.127. The fraction of sp³-hybridized carbons (Fsp3) is 0.759. The van der Waals surface area contributed by atoms with E-state index in [4.69, 9.17) is 0 Å². The quantitative estimate of drug-likeness (QED) is 0.334. The molecule has 194 valence electrons. The number of amides is 1. The molecule has 1 aliphatic rings. The lowest BCUT2D eigenvalue weighted by Crippen LogP contribution is -2.37. The summed E-state index contributed by atoms with van der Waals surface area (Å²) in [6.07, 6.45) is 5.07. The summed E-state index contributed by atoms with van der Waals surface area (Å²) in [4.78, 5) is 18.5. The van der Waals surface area contributed by atoms with Crippen LogP contribution in [0.5, 0.6) is 0 Å². The molecule has 0 N–H and O–H groups in total. The van der Waals surface area contributed by atoms with Crippen molar-refractivity contribution in [2.45, 2.75) is 107 Å². The van der Waals surface area contributed by atoms with E-state index in [1.807, 2.05) is 23.7 Å². The van der Waals surface area contributed by atoms with E-state index in [0.717, 1.165) is 26.2 Å². The van der Waals surface area contributed by atoms with Crippen molar-refractivity contribution >= 4 is 29.4 Å².